The van der Waals surface area contributed by atoms with Gasteiger partial charge >= 0.3 is 0 Å². The molecule has 1 aliphatic heterocycles. The van der Waals surface area contributed by atoms with Crippen LogP contribution in [0.25, 0.3) is 0 Å². The van der Waals surface area contributed by atoms with Crippen LogP contribution in [0.3, 0.4) is 0 Å². The Balaban J connectivity index is 2.04. The molecule has 2 rings (SSSR count). The van der Waals surface area contributed by atoms with Crippen molar-refractivity contribution in [2.24, 2.45) is 0 Å². The van der Waals surface area contributed by atoms with Crippen molar-refractivity contribution >= 4 is 21.4 Å². The maximum Gasteiger partial charge on any atom is 0.250 e. The van der Waals surface area contributed by atoms with Gasteiger partial charge in [0.15, 0.2) is 0 Å². The minimum atomic E-state index is -3.69. The summed E-state index contributed by atoms with van der Waals surface area (Å²) in [6.45, 7) is 3.05. The third-order valence-electron chi connectivity index (χ3n) is 3.48. The van der Waals surface area contributed by atoms with Crippen LogP contribution in [0.4, 0.5) is 0 Å². The average Bonchev–Trinajstić information content (AvgIpc) is 2.86. The summed E-state index contributed by atoms with van der Waals surface area (Å²) in [5.41, 5.74) is 0.640. The van der Waals surface area contributed by atoms with Gasteiger partial charge in [-0.25, -0.2) is 13.1 Å². The highest BCUT2D eigenvalue weighted by atomic mass is 32.2. The summed E-state index contributed by atoms with van der Waals surface area (Å²) in [6.07, 6.45) is -5.54. The van der Waals surface area contributed by atoms with Crippen LogP contribution in [0.2, 0.25) is 0 Å². The van der Waals surface area contributed by atoms with E-state index in [1.807, 2.05) is 0 Å². The van der Waals surface area contributed by atoms with Crippen LogP contribution in [0, 0.1) is 6.92 Å². The van der Waals surface area contributed by atoms with Gasteiger partial charge in [-0.1, -0.05) is 0 Å². The van der Waals surface area contributed by atoms with Gasteiger partial charge in [0.25, 0.3) is 0 Å². The number of sulfonamides is 1. The third-order valence-corrected chi connectivity index (χ3v) is 6.60. The van der Waals surface area contributed by atoms with Gasteiger partial charge in [0.05, 0.1) is 6.10 Å². The predicted octanol–water partition coefficient (Wildman–Crippen LogP) is -0.795. The zero-order chi connectivity index (χ0) is 15.8. The van der Waals surface area contributed by atoms with Gasteiger partial charge in [0.1, 0.15) is 28.6 Å². The fourth-order valence-electron chi connectivity index (χ4n) is 2.20. The van der Waals surface area contributed by atoms with Crippen LogP contribution in [-0.2, 0) is 14.8 Å². The molecule has 0 saturated carbocycles. The Kier molecular flexibility index (Phi) is 5.03. The monoisotopic (exact) mass is 337 g/mol. The van der Waals surface area contributed by atoms with Gasteiger partial charge in [-0.15, -0.1) is 11.3 Å². The number of rotatable bonds is 4. The number of nitrogens with one attached hydrogen (secondary N) is 1. The van der Waals surface area contributed by atoms with E-state index in [1.54, 1.807) is 25.3 Å². The first-order valence-electron chi connectivity index (χ1n) is 6.47. The molecular weight excluding hydrogens is 318 g/mol. The molecule has 5 atom stereocenters. The highest BCUT2D eigenvalue weighted by molar-refractivity contribution is 7.91. The highest BCUT2D eigenvalue weighted by Crippen LogP contribution is 2.23. The molecule has 1 aromatic heterocycles. The Morgan fingerprint density at radius 1 is 1.29 bits per heavy atom. The molecule has 4 N–H and O–H groups in total. The second-order valence-corrected chi connectivity index (χ2v) is 7.97. The van der Waals surface area contributed by atoms with Crippen molar-refractivity contribution < 1.29 is 28.5 Å². The molecule has 2 heterocycles. The van der Waals surface area contributed by atoms with E-state index in [1.165, 1.54) is 0 Å². The van der Waals surface area contributed by atoms with E-state index in [9.17, 15) is 23.7 Å². The Bertz CT molecular complexity index is 586. The molecule has 0 amide bonds. The number of aryl methyl sites for hydroxylation is 1. The summed E-state index contributed by atoms with van der Waals surface area (Å²) in [5, 5.41) is 30.8. The molecule has 1 aromatic rings. The Hall–Kier alpha value is -0.550. The molecule has 0 spiro atoms. The minimum Gasteiger partial charge on any atom is -0.388 e. The van der Waals surface area contributed by atoms with Crippen molar-refractivity contribution in [3.8, 4) is 0 Å². The van der Waals surface area contributed by atoms with Crippen LogP contribution < -0.4 is 4.72 Å². The predicted molar refractivity (Wildman–Crippen MR) is 76.6 cm³/mol. The molecule has 21 heavy (non-hydrogen) atoms. The zero-order valence-electron chi connectivity index (χ0n) is 11.6. The van der Waals surface area contributed by atoms with E-state index in [0.29, 0.717) is 5.56 Å². The largest absolute Gasteiger partial charge is 0.388 e. The second-order valence-electron chi connectivity index (χ2n) is 5.09. The molecule has 120 valence electrons. The summed E-state index contributed by atoms with van der Waals surface area (Å²) in [7, 11) is -3.69. The van der Waals surface area contributed by atoms with Crippen LogP contribution in [0.5, 0.6) is 0 Å². The summed E-state index contributed by atoms with van der Waals surface area (Å²) < 4.78 is 32.2. The Morgan fingerprint density at radius 3 is 2.52 bits per heavy atom. The van der Waals surface area contributed by atoms with Gasteiger partial charge in [-0.2, -0.15) is 0 Å². The molecule has 1 aliphatic rings. The van der Waals surface area contributed by atoms with Gasteiger partial charge in [-0.05, 0) is 30.9 Å². The lowest BCUT2D eigenvalue weighted by atomic mass is 9.96. The quantitative estimate of drug-likeness (QED) is 0.572. The van der Waals surface area contributed by atoms with Crippen LogP contribution in [0.1, 0.15) is 12.5 Å². The third kappa shape index (κ3) is 3.45. The molecule has 0 bridgehead atoms. The molecule has 9 heteroatoms. The molecule has 1 fully saturated rings. The van der Waals surface area contributed by atoms with Crippen molar-refractivity contribution in [3.63, 3.8) is 0 Å². The van der Waals surface area contributed by atoms with Gasteiger partial charge in [0, 0.05) is 6.54 Å². The van der Waals surface area contributed by atoms with Crippen molar-refractivity contribution in [2.45, 2.75) is 48.6 Å². The molecule has 1 saturated heterocycles. The van der Waals surface area contributed by atoms with E-state index >= 15 is 0 Å². The first-order valence-corrected chi connectivity index (χ1v) is 8.83. The zero-order valence-corrected chi connectivity index (χ0v) is 13.3. The maximum absolute atomic E-state index is 12.1. The van der Waals surface area contributed by atoms with Crippen molar-refractivity contribution in [1.82, 2.24) is 4.72 Å². The van der Waals surface area contributed by atoms with E-state index in [-0.39, 0.29) is 10.8 Å². The lowest BCUT2D eigenvalue weighted by Crippen LogP contribution is -2.59. The number of ether oxygens (including phenoxy) is 1. The number of thiophene rings is 1. The standard InChI is InChI=1S/C12H19NO6S2/c1-6-3-4-20-12(6)21(17,18)13-5-8-10(15)11(16)9(14)7(2)19-8/h3-4,7-11,13-16H,5H2,1-2H3/t7-,8+,9+,10+,11+/m0/s1. The van der Waals surface area contributed by atoms with E-state index in [0.717, 1.165) is 11.3 Å². The normalized spacial score (nSPS) is 34.0. The summed E-state index contributed by atoms with van der Waals surface area (Å²) in [5.74, 6) is 0. The first kappa shape index (κ1) is 16.8. The SMILES string of the molecule is Cc1ccsc1S(=O)(=O)NC[C@H]1O[C@@H](C)[C@@H](O)[C@@H](O)[C@@H]1O. The lowest BCUT2D eigenvalue weighted by Gasteiger charge is -2.39. The van der Waals surface area contributed by atoms with Crippen LogP contribution in [-0.4, -0.2) is 60.8 Å². The maximum atomic E-state index is 12.1. The number of aliphatic hydroxyl groups is 3. The molecular formula is C12H19NO6S2. The minimum absolute atomic E-state index is 0.186. The number of aliphatic hydroxyl groups excluding tert-OH is 3. The Labute approximate surface area is 127 Å². The molecule has 0 radical (unpaired) electrons. The summed E-state index contributed by atoms with van der Waals surface area (Å²) >= 11 is 1.10. The van der Waals surface area contributed by atoms with Gasteiger partial charge in [0.2, 0.25) is 10.0 Å². The number of hydrogen-bond donors (Lipinski definition) is 4. The first-order chi connectivity index (χ1) is 9.74. The van der Waals surface area contributed by atoms with Crippen LogP contribution >= 0.6 is 11.3 Å². The van der Waals surface area contributed by atoms with Gasteiger partial charge in [-0.3, -0.25) is 0 Å². The van der Waals surface area contributed by atoms with Crippen molar-refractivity contribution in [2.75, 3.05) is 6.54 Å². The van der Waals surface area contributed by atoms with E-state index < -0.39 is 40.5 Å². The van der Waals surface area contributed by atoms with Gasteiger partial charge < -0.3 is 20.1 Å². The fraction of sp³-hybridized carbons (Fsp3) is 0.667. The average molecular weight is 337 g/mol. The molecule has 0 aromatic carbocycles. The molecule has 0 unspecified atom stereocenters. The lowest BCUT2D eigenvalue weighted by molar-refractivity contribution is -0.214. The van der Waals surface area contributed by atoms with E-state index in [4.69, 9.17) is 4.74 Å². The topological polar surface area (TPSA) is 116 Å². The van der Waals surface area contributed by atoms with Crippen molar-refractivity contribution in [3.05, 3.63) is 17.0 Å². The smallest absolute Gasteiger partial charge is 0.250 e. The highest BCUT2D eigenvalue weighted by Gasteiger charge is 2.42. The van der Waals surface area contributed by atoms with Crippen LogP contribution in [0.15, 0.2) is 15.7 Å². The Morgan fingerprint density at radius 2 is 1.95 bits per heavy atom. The summed E-state index contributed by atoms with van der Waals surface area (Å²) in [6, 6.07) is 1.70. The fourth-order valence-corrected chi connectivity index (χ4v) is 4.70. The summed E-state index contributed by atoms with van der Waals surface area (Å²) in [4.78, 5) is 0. The molecule has 0 aliphatic carbocycles. The second kappa shape index (κ2) is 6.29. The van der Waals surface area contributed by atoms with E-state index in [2.05, 4.69) is 4.72 Å². The van der Waals surface area contributed by atoms with Crippen molar-refractivity contribution in [1.29, 1.82) is 0 Å². The molecule has 7 nitrogen and oxygen atoms in total. The number of hydrogen-bond acceptors (Lipinski definition) is 7.